The number of ether oxygens (including phenoxy) is 1. The summed E-state index contributed by atoms with van der Waals surface area (Å²) < 4.78 is 5.40. The van der Waals surface area contributed by atoms with Crippen LogP contribution in [0.15, 0.2) is 24.4 Å². The molecule has 1 aliphatic heterocycles. The Morgan fingerprint density at radius 1 is 1.50 bits per heavy atom. The quantitative estimate of drug-likeness (QED) is 0.848. The molecule has 0 saturated heterocycles. The Labute approximate surface area is 150 Å². The second-order valence-corrected chi connectivity index (χ2v) is 5.63. The summed E-state index contributed by atoms with van der Waals surface area (Å²) in [6, 6.07) is 6.57. The molecule has 1 N–H and O–H groups in total. The molecule has 3 rings (SSSR count). The van der Waals surface area contributed by atoms with Crippen molar-refractivity contribution in [1.29, 1.82) is 5.26 Å². The van der Waals surface area contributed by atoms with Crippen molar-refractivity contribution in [1.82, 2.24) is 9.97 Å². The second kappa shape index (κ2) is 7.61. The predicted molar refractivity (Wildman–Crippen MR) is 94.4 cm³/mol. The third kappa shape index (κ3) is 3.47. The number of hydrogen-bond donors (Lipinski definition) is 1. The van der Waals surface area contributed by atoms with Gasteiger partial charge in [-0.1, -0.05) is 6.07 Å². The van der Waals surface area contributed by atoms with Gasteiger partial charge in [-0.05, 0) is 31.4 Å². The Hall–Kier alpha value is -3.47. The summed E-state index contributed by atoms with van der Waals surface area (Å²) in [5.74, 6) is 1.12. The summed E-state index contributed by atoms with van der Waals surface area (Å²) >= 11 is 0. The molecule has 0 spiro atoms. The van der Waals surface area contributed by atoms with Crippen molar-refractivity contribution >= 4 is 24.0 Å². The number of anilines is 2. The van der Waals surface area contributed by atoms with Crippen molar-refractivity contribution < 1.29 is 14.3 Å². The van der Waals surface area contributed by atoms with Gasteiger partial charge in [0.2, 0.25) is 0 Å². The maximum Gasteiger partial charge on any atom is 0.328 e. The molecule has 1 aliphatic rings. The standard InChI is InChI=1S/C18H17N5O3/c1-2-26-15-8-16(20-10-13(15)9-19)22-18(25)23-7-3-4-12-5-6-14(11-24)21-17(12)23/h5-6,8,10-11H,2-4,7H2,1H3,(H,20,22,25). The Kier molecular flexibility index (Phi) is 5.08. The van der Waals surface area contributed by atoms with Crippen molar-refractivity contribution in [2.24, 2.45) is 0 Å². The first-order valence-electron chi connectivity index (χ1n) is 8.22. The zero-order valence-electron chi connectivity index (χ0n) is 14.2. The fourth-order valence-electron chi connectivity index (χ4n) is 2.76. The molecule has 0 radical (unpaired) electrons. The van der Waals surface area contributed by atoms with Crippen molar-refractivity contribution in [2.45, 2.75) is 19.8 Å². The highest BCUT2D eigenvalue weighted by molar-refractivity contribution is 6.01. The van der Waals surface area contributed by atoms with Crippen molar-refractivity contribution in [3.63, 3.8) is 0 Å². The highest BCUT2D eigenvalue weighted by Gasteiger charge is 2.25. The summed E-state index contributed by atoms with van der Waals surface area (Å²) in [6.45, 7) is 2.69. The second-order valence-electron chi connectivity index (χ2n) is 5.63. The third-order valence-electron chi connectivity index (χ3n) is 3.95. The number of carbonyl (C=O) groups excluding carboxylic acids is 2. The highest BCUT2D eigenvalue weighted by Crippen LogP contribution is 2.26. The van der Waals surface area contributed by atoms with E-state index in [0.717, 1.165) is 18.4 Å². The number of pyridine rings is 2. The van der Waals surface area contributed by atoms with Crippen LogP contribution in [0.3, 0.4) is 0 Å². The van der Waals surface area contributed by atoms with Crippen LogP contribution in [0.5, 0.6) is 5.75 Å². The van der Waals surface area contributed by atoms with E-state index >= 15 is 0 Å². The lowest BCUT2D eigenvalue weighted by molar-refractivity contribution is 0.111. The summed E-state index contributed by atoms with van der Waals surface area (Å²) in [4.78, 5) is 33.5. The van der Waals surface area contributed by atoms with Gasteiger partial charge < -0.3 is 4.74 Å². The molecule has 2 aromatic heterocycles. The molecule has 8 nitrogen and oxygen atoms in total. The van der Waals surface area contributed by atoms with E-state index in [-0.39, 0.29) is 11.5 Å². The van der Waals surface area contributed by atoms with Gasteiger partial charge in [-0.3, -0.25) is 15.0 Å². The molecule has 0 atom stereocenters. The largest absolute Gasteiger partial charge is 0.492 e. The number of hydrogen-bond acceptors (Lipinski definition) is 6. The molecule has 0 aliphatic carbocycles. The number of urea groups is 1. The van der Waals surface area contributed by atoms with E-state index in [1.165, 1.54) is 17.2 Å². The Balaban J connectivity index is 1.85. The molecule has 0 saturated carbocycles. The van der Waals surface area contributed by atoms with E-state index in [0.29, 0.717) is 36.6 Å². The predicted octanol–water partition coefficient (Wildman–Crippen LogP) is 2.54. The lowest BCUT2D eigenvalue weighted by atomic mass is 10.1. The number of fused-ring (bicyclic) bond motifs is 1. The average molecular weight is 351 g/mol. The summed E-state index contributed by atoms with van der Waals surface area (Å²) in [6.07, 6.45) is 3.61. The number of aryl methyl sites for hydroxylation is 1. The molecular formula is C18H17N5O3. The minimum absolute atomic E-state index is 0.274. The van der Waals surface area contributed by atoms with Crippen LogP contribution in [0, 0.1) is 11.3 Å². The Bertz CT molecular complexity index is 891. The maximum atomic E-state index is 12.7. The molecule has 0 aromatic carbocycles. The highest BCUT2D eigenvalue weighted by atomic mass is 16.5. The zero-order chi connectivity index (χ0) is 18.5. The van der Waals surface area contributed by atoms with E-state index in [1.54, 1.807) is 13.0 Å². The molecular weight excluding hydrogens is 334 g/mol. The first kappa shape index (κ1) is 17.4. The molecule has 3 heterocycles. The first-order chi connectivity index (χ1) is 12.7. The van der Waals surface area contributed by atoms with Crippen LogP contribution in [0.4, 0.5) is 16.4 Å². The Morgan fingerprint density at radius 3 is 3.08 bits per heavy atom. The summed E-state index contributed by atoms with van der Waals surface area (Å²) in [5.41, 5.74) is 1.49. The number of nitriles is 1. The van der Waals surface area contributed by atoms with Crippen molar-refractivity contribution in [3.8, 4) is 11.8 Å². The van der Waals surface area contributed by atoms with Crippen molar-refractivity contribution in [3.05, 3.63) is 41.2 Å². The van der Waals surface area contributed by atoms with Crippen LogP contribution in [-0.2, 0) is 6.42 Å². The van der Waals surface area contributed by atoms with E-state index in [9.17, 15) is 9.59 Å². The molecule has 0 fully saturated rings. The number of carbonyl (C=O) groups is 2. The molecule has 8 heteroatoms. The molecule has 0 unspecified atom stereocenters. The van der Waals surface area contributed by atoms with Crippen LogP contribution < -0.4 is 15.0 Å². The Morgan fingerprint density at radius 2 is 2.35 bits per heavy atom. The maximum absolute atomic E-state index is 12.7. The number of nitrogens with zero attached hydrogens (tertiary/aromatic N) is 4. The van der Waals surface area contributed by atoms with Crippen LogP contribution in [0.1, 0.15) is 35.0 Å². The number of nitrogens with one attached hydrogen (secondary N) is 1. The van der Waals surface area contributed by atoms with E-state index in [1.807, 2.05) is 12.1 Å². The number of amides is 2. The molecule has 132 valence electrons. The summed E-state index contributed by atoms with van der Waals surface area (Å²) in [5, 5.41) is 11.8. The van der Waals surface area contributed by atoms with E-state index in [2.05, 4.69) is 15.3 Å². The van der Waals surface area contributed by atoms with Crippen molar-refractivity contribution in [2.75, 3.05) is 23.4 Å². The summed E-state index contributed by atoms with van der Waals surface area (Å²) in [7, 11) is 0. The number of aromatic nitrogens is 2. The lowest BCUT2D eigenvalue weighted by Crippen LogP contribution is -2.39. The topological polar surface area (TPSA) is 108 Å². The fraction of sp³-hybridized carbons (Fsp3) is 0.278. The normalized spacial score (nSPS) is 12.7. The minimum Gasteiger partial charge on any atom is -0.492 e. The zero-order valence-corrected chi connectivity index (χ0v) is 14.2. The fourth-order valence-corrected chi connectivity index (χ4v) is 2.76. The SMILES string of the molecule is CCOc1cc(NC(=O)N2CCCc3ccc(C=O)nc32)ncc1C#N. The van der Waals surface area contributed by atoms with Crippen LogP contribution in [0.25, 0.3) is 0 Å². The monoisotopic (exact) mass is 351 g/mol. The molecule has 2 amide bonds. The van der Waals surface area contributed by atoms with E-state index < -0.39 is 6.03 Å². The van der Waals surface area contributed by atoms with Crippen LogP contribution in [0.2, 0.25) is 0 Å². The van der Waals surface area contributed by atoms with Gasteiger partial charge in [0.25, 0.3) is 0 Å². The van der Waals surface area contributed by atoms with Gasteiger partial charge in [-0.2, -0.15) is 5.26 Å². The van der Waals surface area contributed by atoms with Gasteiger partial charge in [0.1, 0.15) is 34.7 Å². The third-order valence-corrected chi connectivity index (χ3v) is 3.95. The number of aldehydes is 1. The lowest BCUT2D eigenvalue weighted by Gasteiger charge is -2.28. The van der Waals surface area contributed by atoms with Gasteiger partial charge >= 0.3 is 6.03 Å². The van der Waals surface area contributed by atoms with Gasteiger partial charge in [-0.25, -0.2) is 14.8 Å². The van der Waals surface area contributed by atoms with E-state index in [4.69, 9.17) is 10.00 Å². The average Bonchev–Trinajstić information content (AvgIpc) is 2.67. The van der Waals surface area contributed by atoms with Gasteiger partial charge in [-0.15, -0.1) is 0 Å². The molecule has 2 aromatic rings. The van der Waals surface area contributed by atoms with Crippen LogP contribution >= 0.6 is 0 Å². The van der Waals surface area contributed by atoms with Gasteiger partial charge in [0.05, 0.1) is 12.8 Å². The van der Waals surface area contributed by atoms with Crippen LogP contribution in [-0.4, -0.2) is 35.4 Å². The number of rotatable bonds is 4. The molecule has 26 heavy (non-hydrogen) atoms. The first-order valence-corrected chi connectivity index (χ1v) is 8.22. The smallest absolute Gasteiger partial charge is 0.328 e. The molecule has 0 bridgehead atoms. The minimum atomic E-state index is -0.402. The van der Waals surface area contributed by atoms with Gasteiger partial charge in [0.15, 0.2) is 6.29 Å². The van der Waals surface area contributed by atoms with Gasteiger partial charge in [0, 0.05) is 12.6 Å².